The molecule has 1 unspecified atom stereocenters. The van der Waals surface area contributed by atoms with Gasteiger partial charge in [0.2, 0.25) is 0 Å². The fraction of sp³-hybridized carbons (Fsp3) is 0.111. The van der Waals surface area contributed by atoms with Gasteiger partial charge in [-0.1, -0.05) is 18.2 Å². The average molecular weight is 372 g/mol. The van der Waals surface area contributed by atoms with Gasteiger partial charge in [0, 0.05) is 5.56 Å². The number of amides is 1. The van der Waals surface area contributed by atoms with Crippen LogP contribution >= 0.6 is 0 Å². The first-order chi connectivity index (χ1) is 12.5. The summed E-state index contributed by atoms with van der Waals surface area (Å²) < 4.78 is 42.8. The number of aromatic nitrogens is 1. The monoisotopic (exact) mass is 372 g/mol. The van der Waals surface area contributed by atoms with Crippen LogP contribution in [0.4, 0.5) is 4.39 Å². The highest BCUT2D eigenvalue weighted by molar-refractivity contribution is 7.91. The Kier molecular flexibility index (Phi) is 3.84. The fourth-order valence-corrected chi connectivity index (χ4v) is 4.75. The zero-order valence-corrected chi connectivity index (χ0v) is 14.2. The summed E-state index contributed by atoms with van der Waals surface area (Å²) in [5.41, 5.74) is 1.06. The molecule has 132 valence electrons. The van der Waals surface area contributed by atoms with Crippen molar-refractivity contribution < 1.29 is 22.0 Å². The van der Waals surface area contributed by atoms with Crippen molar-refractivity contribution in [3.63, 3.8) is 0 Å². The first-order valence-corrected chi connectivity index (χ1v) is 9.43. The van der Waals surface area contributed by atoms with Gasteiger partial charge in [-0.25, -0.2) is 17.8 Å². The van der Waals surface area contributed by atoms with E-state index in [0.29, 0.717) is 11.1 Å². The maximum Gasteiger partial charge on any atom is 0.274 e. The van der Waals surface area contributed by atoms with E-state index in [9.17, 15) is 17.6 Å². The van der Waals surface area contributed by atoms with E-state index in [1.165, 1.54) is 30.3 Å². The summed E-state index contributed by atoms with van der Waals surface area (Å²) in [6, 6.07) is 11.3. The van der Waals surface area contributed by atoms with E-state index in [2.05, 4.69) is 10.3 Å². The quantitative estimate of drug-likeness (QED) is 0.764. The lowest BCUT2D eigenvalue weighted by Gasteiger charge is -2.12. The number of carbonyl (C=O) groups is 1. The van der Waals surface area contributed by atoms with Crippen molar-refractivity contribution in [1.82, 2.24) is 10.3 Å². The Morgan fingerprint density at radius 1 is 1.15 bits per heavy atom. The van der Waals surface area contributed by atoms with Gasteiger partial charge in [-0.05, 0) is 35.9 Å². The molecule has 0 spiro atoms. The van der Waals surface area contributed by atoms with E-state index in [1.807, 2.05) is 0 Å². The van der Waals surface area contributed by atoms with Crippen LogP contribution in [0.1, 0.15) is 22.1 Å². The van der Waals surface area contributed by atoms with Crippen LogP contribution in [0.3, 0.4) is 0 Å². The first kappa shape index (κ1) is 16.5. The molecule has 8 heteroatoms. The van der Waals surface area contributed by atoms with E-state index in [-0.39, 0.29) is 22.1 Å². The number of rotatable bonds is 3. The highest BCUT2D eigenvalue weighted by atomic mass is 32.2. The molecule has 2 aromatic carbocycles. The number of nitrogens with zero attached hydrogens (tertiary/aromatic N) is 1. The van der Waals surface area contributed by atoms with Crippen molar-refractivity contribution in [2.24, 2.45) is 0 Å². The van der Waals surface area contributed by atoms with E-state index in [1.54, 1.807) is 18.2 Å². The Bertz CT molecular complexity index is 1090. The molecular weight excluding hydrogens is 359 g/mol. The summed E-state index contributed by atoms with van der Waals surface area (Å²) in [6.07, 6.45) is 1.12. The molecule has 0 saturated heterocycles. The summed E-state index contributed by atoms with van der Waals surface area (Å²) in [4.78, 5) is 16.8. The van der Waals surface area contributed by atoms with Crippen LogP contribution < -0.4 is 5.32 Å². The van der Waals surface area contributed by atoms with Crippen LogP contribution in [0, 0.1) is 5.82 Å². The second-order valence-corrected chi connectivity index (χ2v) is 7.88. The third-order valence-electron chi connectivity index (χ3n) is 4.21. The number of halogens is 1. The van der Waals surface area contributed by atoms with Gasteiger partial charge >= 0.3 is 0 Å². The van der Waals surface area contributed by atoms with Crippen molar-refractivity contribution in [2.45, 2.75) is 10.9 Å². The van der Waals surface area contributed by atoms with Crippen molar-refractivity contribution in [2.75, 3.05) is 5.75 Å². The summed E-state index contributed by atoms with van der Waals surface area (Å²) >= 11 is 0. The van der Waals surface area contributed by atoms with Gasteiger partial charge < -0.3 is 9.73 Å². The lowest BCUT2D eigenvalue weighted by molar-refractivity contribution is 0.0936. The largest absolute Gasteiger partial charge is 0.443 e. The summed E-state index contributed by atoms with van der Waals surface area (Å²) in [5.74, 6) is -0.986. The third-order valence-corrected chi connectivity index (χ3v) is 6.02. The molecule has 0 radical (unpaired) electrons. The molecule has 1 N–H and O–H groups in total. The minimum Gasteiger partial charge on any atom is -0.443 e. The van der Waals surface area contributed by atoms with E-state index in [0.717, 1.165) is 6.39 Å². The van der Waals surface area contributed by atoms with E-state index < -0.39 is 27.6 Å². The second-order valence-electron chi connectivity index (χ2n) is 5.88. The Hall–Kier alpha value is -3.00. The predicted octanol–water partition coefficient (Wildman–Crippen LogP) is 2.74. The van der Waals surface area contributed by atoms with E-state index >= 15 is 0 Å². The van der Waals surface area contributed by atoms with Crippen molar-refractivity contribution in [1.29, 1.82) is 0 Å². The standard InChI is InChI=1S/C18H13FN2O4S/c19-12-7-5-11(6-8-12)17-16(20-10-25-17)18(22)21-14-9-26(23,24)15-4-2-1-3-13(14)15/h1-8,10,14H,9H2,(H,21,22). The predicted molar refractivity (Wildman–Crippen MR) is 90.6 cm³/mol. The molecule has 1 aliphatic rings. The molecule has 0 bridgehead atoms. The van der Waals surface area contributed by atoms with Gasteiger partial charge in [0.25, 0.3) is 5.91 Å². The van der Waals surface area contributed by atoms with Crippen molar-refractivity contribution in [3.8, 4) is 11.3 Å². The lowest BCUT2D eigenvalue weighted by atomic mass is 10.1. The molecule has 3 aromatic rings. The number of sulfone groups is 1. The van der Waals surface area contributed by atoms with Crippen molar-refractivity contribution in [3.05, 3.63) is 72.0 Å². The van der Waals surface area contributed by atoms with Crippen LogP contribution in [0.2, 0.25) is 0 Å². The molecular formula is C18H13FN2O4S. The molecule has 2 heterocycles. The molecule has 0 saturated carbocycles. The maximum atomic E-state index is 13.1. The molecule has 1 aromatic heterocycles. The lowest BCUT2D eigenvalue weighted by Crippen LogP contribution is -2.30. The van der Waals surface area contributed by atoms with Crippen LogP contribution in [0.25, 0.3) is 11.3 Å². The summed E-state index contributed by atoms with van der Waals surface area (Å²) in [5, 5.41) is 2.70. The molecule has 1 amide bonds. The third kappa shape index (κ3) is 2.78. The molecule has 0 fully saturated rings. The number of hydrogen-bond donors (Lipinski definition) is 1. The van der Waals surface area contributed by atoms with Crippen molar-refractivity contribution >= 4 is 15.7 Å². The molecule has 6 nitrogen and oxygen atoms in total. The second kappa shape index (κ2) is 6.06. The topological polar surface area (TPSA) is 89.3 Å². The molecule has 1 aliphatic heterocycles. The Morgan fingerprint density at radius 3 is 2.65 bits per heavy atom. The Balaban J connectivity index is 1.63. The SMILES string of the molecule is O=C(NC1CS(=O)(=O)c2ccccc21)c1ncoc1-c1ccc(F)cc1. The van der Waals surface area contributed by atoms with Gasteiger partial charge in [-0.15, -0.1) is 0 Å². The number of fused-ring (bicyclic) bond motifs is 1. The first-order valence-electron chi connectivity index (χ1n) is 7.78. The molecule has 4 rings (SSSR count). The average Bonchev–Trinajstić information content (AvgIpc) is 3.20. The van der Waals surface area contributed by atoms with Crippen LogP contribution in [-0.2, 0) is 9.84 Å². The Morgan fingerprint density at radius 2 is 1.88 bits per heavy atom. The van der Waals surface area contributed by atoms with Gasteiger partial charge in [-0.3, -0.25) is 4.79 Å². The zero-order chi connectivity index (χ0) is 18.3. The Labute approximate surface area is 148 Å². The number of benzene rings is 2. The molecule has 26 heavy (non-hydrogen) atoms. The van der Waals surface area contributed by atoms with Crippen LogP contribution in [-0.4, -0.2) is 25.1 Å². The fourth-order valence-electron chi connectivity index (χ4n) is 3.01. The highest BCUT2D eigenvalue weighted by Crippen LogP contribution is 2.33. The van der Waals surface area contributed by atoms with Gasteiger partial charge in [-0.2, -0.15) is 0 Å². The van der Waals surface area contributed by atoms with Gasteiger partial charge in [0.15, 0.2) is 27.7 Å². The molecule has 1 atom stereocenters. The van der Waals surface area contributed by atoms with Gasteiger partial charge in [0.1, 0.15) is 5.82 Å². The minimum absolute atomic E-state index is 0.0124. The number of carbonyl (C=O) groups excluding carboxylic acids is 1. The van der Waals surface area contributed by atoms with Gasteiger partial charge in [0.05, 0.1) is 16.7 Å². The number of hydrogen-bond acceptors (Lipinski definition) is 5. The minimum atomic E-state index is -3.44. The zero-order valence-electron chi connectivity index (χ0n) is 13.3. The number of nitrogens with one attached hydrogen (secondary N) is 1. The number of oxazole rings is 1. The van der Waals surface area contributed by atoms with E-state index in [4.69, 9.17) is 4.42 Å². The summed E-state index contributed by atoms with van der Waals surface area (Å²) in [6.45, 7) is 0. The maximum absolute atomic E-state index is 13.1. The van der Waals surface area contributed by atoms with Crippen LogP contribution in [0.5, 0.6) is 0 Å². The smallest absolute Gasteiger partial charge is 0.274 e. The van der Waals surface area contributed by atoms with Crippen LogP contribution in [0.15, 0.2) is 64.2 Å². The summed E-state index contributed by atoms with van der Waals surface area (Å²) in [7, 11) is -3.44. The molecule has 0 aliphatic carbocycles. The normalized spacial score (nSPS) is 17.7. The highest BCUT2D eigenvalue weighted by Gasteiger charge is 2.36.